The molecule has 5 heteroatoms. The second-order valence-electron chi connectivity index (χ2n) is 5.20. The van der Waals surface area contributed by atoms with Crippen LogP contribution < -0.4 is 10.6 Å². The number of aromatic nitrogens is 1. The lowest BCUT2D eigenvalue weighted by molar-refractivity contribution is 0.0527. The van der Waals surface area contributed by atoms with Crippen molar-refractivity contribution in [2.24, 2.45) is 0 Å². The third kappa shape index (κ3) is 2.51. The molecule has 0 aliphatic carbocycles. The number of nitrogens with zero attached hydrogens (tertiary/aromatic N) is 2. The van der Waals surface area contributed by atoms with E-state index < -0.39 is 5.97 Å². The molecular formula is C16H19N3O2. The molecule has 1 aromatic heterocycles. The third-order valence-corrected chi connectivity index (χ3v) is 3.86. The van der Waals surface area contributed by atoms with E-state index in [0.29, 0.717) is 17.9 Å². The summed E-state index contributed by atoms with van der Waals surface area (Å²) in [5, 5.41) is 0.810. The van der Waals surface area contributed by atoms with Gasteiger partial charge in [-0.1, -0.05) is 0 Å². The Morgan fingerprint density at radius 2 is 2.14 bits per heavy atom. The fourth-order valence-corrected chi connectivity index (χ4v) is 2.74. The molecule has 0 radical (unpaired) electrons. The number of esters is 1. The monoisotopic (exact) mass is 285 g/mol. The Hall–Kier alpha value is -2.30. The van der Waals surface area contributed by atoms with Gasteiger partial charge in [0.15, 0.2) is 0 Å². The van der Waals surface area contributed by atoms with Crippen LogP contribution in [0.1, 0.15) is 30.1 Å². The van der Waals surface area contributed by atoms with Crippen LogP contribution in [-0.2, 0) is 4.74 Å². The molecule has 0 unspecified atom stereocenters. The first kappa shape index (κ1) is 13.7. The SMILES string of the molecule is CCOC(=O)c1cnc2ccc(N3CCCC3)cc2c1N. The predicted molar refractivity (Wildman–Crippen MR) is 83.6 cm³/mol. The van der Waals surface area contributed by atoms with Gasteiger partial charge in [-0.05, 0) is 38.0 Å². The maximum atomic E-state index is 11.9. The summed E-state index contributed by atoms with van der Waals surface area (Å²) in [4.78, 5) is 18.5. The lowest BCUT2D eigenvalue weighted by Gasteiger charge is -2.18. The van der Waals surface area contributed by atoms with Crippen molar-refractivity contribution >= 4 is 28.2 Å². The van der Waals surface area contributed by atoms with Crippen LogP contribution in [0.5, 0.6) is 0 Å². The zero-order valence-corrected chi connectivity index (χ0v) is 12.1. The summed E-state index contributed by atoms with van der Waals surface area (Å²) in [5.41, 5.74) is 8.87. The Kier molecular flexibility index (Phi) is 3.64. The van der Waals surface area contributed by atoms with Gasteiger partial charge < -0.3 is 15.4 Å². The number of hydrogen-bond donors (Lipinski definition) is 1. The average Bonchev–Trinajstić information content (AvgIpc) is 3.02. The van der Waals surface area contributed by atoms with E-state index in [4.69, 9.17) is 10.5 Å². The Morgan fingerprint density at radius 3 is 2.86 bits per heavy atom. The standard InChI is InChI=1S/C16H19N3O2/c1-2-21-16(20)13-10-18-14-6-5-11(9-12(14)15(13)17)19-7-3-4-8-19/h5-6,9-10H,2-4,7-8H2,1H3,(H2,17,18). The lowest BCUT2D eigenvalue weighted by atomic mass is 10.1. The van der Waals surface area contributed by atoms with Crippen molar-refractivity contribution in [2.45, 2.75) is 19.8 Å². The number of nitrogens with two attached hydrogens (primary N) is 1. The fourth-order valence-electron chi connectivity index (χ4n) is 2.74. The highest BCUT2D eigenvalue weighted by molar-refractivity contribution is 6.04. The van der Waals surface area contributed by atoms with E-state index in [9.17, 15) is 4.79 Å². The number of nitrogen functional groups attached to an aromatic ring is 1. The minimum absolute atomic E-state index is 0.324. The van der Waals surface area contributed by atoms with Crippen molar-refractivity contribution in [1.29, 1.82) is 0 Å². The number of pyridine rings is 1. The highest BCUT2D eigenvalue weighted by atomic mass is 16.5. The summed E-state index contributed by atoms with van der Waals surface area (Å²) >= 11 is 0. The van der Waals surface area contributed by atoms with Gasteiger partial charge in [0.05, 0.1) is 17.8 Å². The number of rotatable bonds is 3. The highest BCUT2D eigenvalue weighted by Gasteiger charge is 2.17. The van der Waals surface area contributed by atoms with Crippen LogP contribution in [0, 0.1) is 0 Å². The van der Waals surface area contributed by atoms with Gasteiger partial charge in [-0.2, -0.15) is 0 Å². The molecule has 2 heterocycles. The first-order valence-electron chi connectivity index (χ1n) is 7.31. The van der Waals surface area contributed by atoms with E-state index in [1.54, 1.807) is 6.92 Å². The molecule has 0 spiro atoms. The molecule has 1 fully saturated rings. The topological polar surface area (TPSA) is 68.5 Å². The molecule has 1 aliphatic heterocycles. The quantitative estimate of drug-likeness (QED) is 0.878. The highest BCUT2D eigenvalue weighted by Crippen LogP contribution is 2.29. The maximum Gasteiger partial charge on any atom is 0.341 e. The van der Waals surface area contributed by atoms with Gasteiger partial charge in [0.25, 0.3) is 0 Å². The molecule has 0 atom stereocenters. The first-order valence-corrected chi connectivity index (χ1v) is 7.31. The fraction of sp³-hybridized carbons (Fsp3) is 0.375. The second kappa shape index (κ2) is 5.60. The molecule has 0 amide bonds. The normalized spacial score (nSPS) is 14.6. The number of anilines is 2. The molecule has 0 bridgehead atoms. The summed E-state index contributed by atoms with van der Waals surface area (Å²) in [5.74, 6) is -0.420. The van der Waals surface area contributed by atoms with Crippen LogP contribution in [0.25, 0.3) is 10.9 Å². The molecule has 2 N–H and O–H groups in total. The summed E-state index contributed by atoms with van der Waals surface area (Å²) in [6, 6.07) is 6.03. The molecule has 1 aromatic carbocycles. The van der Waals surface area contributed by atoms with Gasteiger partial charge in [-0.3, -0.25) is 4.98 Å². The number of ether oxygens (including phenoxy) is 1. The molecule has 0 saturated carbocycles. The van der Waals surface area contributed by atoms with Crippen molar-refractivity contribution in [1.82, 2.24) is 4.98 Å². The number of benzene rings is 1. The van der Waals surface area contributed by atoms with Crippen LogP contribution in [0.3, 0.4) is 0 Å². The Labute approximate surface area is 123 Å². The second-order valence-corrected chi connectivity index (χ2v) is 5.20. The molecule has 110 valence electrons. The van der Waals surface area contributed by atoms with Crippen LogP contribution in [-0.4, -0.2) is 30.6 Å². The number of fused-ring (bicyclic) bond motifs is 1. The van der Waals surface area contributed by atoms with Gasteiger partial charge in [0.1, 0.15) is 5.56 Å². The molecule has 3 rings (SSSR count). The van der Waals surface area contributed by atoms with Gasteiger partial charge in [-0.15, -0.1) is 0 Å². The molecule has 2 aromatic rings. The van der Waals surface area contributed by atoms with E-state index in [0.717, 1.165) is 29.7 Å². The maximum absolute atomic E-state index is 11.9. The van der Waals surface area contributed by atoms with E-state index in [2.05, 4.69) is 16.0 Å². The smallest absolute Gasteiger partial charge is 0.341 e. The van der Waals surface area contributed by atoms with E-state index in [-0.39, 0.29) is 0 Å². The van der Waals surface area contributed by atoms with Crippen LogP contribution in [0.15, 0.2) is 24.4 Å². The predicted octanol–water partition coefficient (Wildman–Crippen LogP) is 2.59. The number of carbonyl (C=O) groups is 1. The number of hydrogen-bond acceptors (Lipinski definition) is 5. The summed E-state index contributed by atoms with van der Waals surface area (Å²) < 4.78 is 5.02. The van der Waals surface area contributed by atoms with Crippen molar-refractivity contribution in [3.8, 4) is 0 Å². The number of carbonyl (C=O) groups excluding carboxylic acids is 1. The van der Waals surface area contributed by atoms with Gasteiger partial charge in [-0.25, -0.2) is 4.79 Å². The molecule has 21 heavy (non-hydrogen) atoms. The average molecular weight is 285 g/mol. The van der Waals surface area contributed by atoms with Gasteiger partial charge in [0, 0.05) is 30.4 Å². The molecule has 5 nitrogen and oxygen atoms in total. The van der Waals surface area contributed by atoms with Crippen LogP contribution in [0.4, 0.5) is 11.4 Å². The van der Waals surface area contributed by atoms with E-state index in [1.807, 2.05) is 12.1 Å². The zero-order chi connectivity index (χ0) is 14.8. The van der Waals surface area contributed by atoms with Gasteiger partial charge >= 0.3 is 5.97 Å². The van der Waals surface area contributed by atoms with Crippen molar-refractivity contribution < 1.29 is 9.53 Å². The van der Waals surface area contributed by atoms with E-state index >= 15 is 0 Å². The van der Waals surface area contributed by atoms with Crippen LogP contribution in [0.2, 0.25) is 0 Å². The summed E-state index contributed by atoms with van der Waals surface area (Å²) in [6.45, 7) is 4.23. The largest absolute Gasteiger partial charge is 0.462 e. The zero-order valence-electron chi connectivity index (χ0n) is 12.1. The minimum atomic E-state index is -0.420. The Balaban J connectivity index is 2.05. The Morgan fingerprint density at radius 1 is 1.38 bits per heavy atom. The molecule has 1 aliphatic rings. The van der Waals surface area contributed by atoms with Crippen molar-refractivity contribution in [3.05, 3.63) is 30.0 Å². The third-order valence-electron chi connectivity index (χ3n) is 3.86. The summed E-state index contributed by atoms with van der Waals surface area (Å²) in [7, 11) is 0. The first-order chi connectivity index (χ1) is 10.2. The molecule has 1 saturated heterocycles. The van der Waals surface area contributed by atoms with Crippen molar-refractivity contribution in [3.63, 3.8) is 0 Å². The summed E-state index contributed by atoms with van der Waals surface area (Å²) in [6.07, 6.45) is 3.93. The minimum Gasteiger partial charge on any atom is -0.462 e. The van der Waals surface area contributed by atoms with Crippen LogP contribution >= 0.6 is 0 Å². The van der Waals surface area contributed by atoms with Crippen molar-refractivity contribution in [2.75, 3.05) is 30.3 Å². The van der Waals surface area contributed by atoms with E-state index in [1.165, 1.54) is 19.0 Å². The van der Waals surface area contributed by atoms with Gasteiger partial charge in [0.2, 0.25) is 0 Å². The molecular weight excluding hydrogens is 266 g/mol. The lowest BCUT2D eigenvalue weighted by Crippen LogP contribution is -2.17. The Bertz CT molecular complexity index is 679.